The lowest BCUT2D eigenvalue weighted by Gasteiger charge is -2.12. The molecule has 0 aliphatic carbocycles. The molecule has 0 aliphatic rings. The number of thiophene rings is 1. The van der Waals surface area contributed by atoms with Crippen LogP contribution in [-0.4, -0.2) is 10.9 Å². The molecule has 0 aliphatic heterocycles. The number of hydrogen-bond donors (Lipinski definition) is 1. The zero-order valence-electron chi connectivity index (χ0n) is 15.2. The fourth-order valence-electron chi connectivity index (χ4n) is 3.47. The van der Waals surface area contributed by atoms with Gasteiger partial charge in [0.25, 0.3) is 5.91 Å². The first-order chi connectivity index (χ1) is 14.2. The quantitative estimate of drug-likeness (QED) is 0.344. The van der Waals surface area contributed by atoms with E-state index < -0.39 is 0 Å². The van der Waals surface area contributed by atoms with Crippen LogP contribution in [0, 0.1) is 0 Å². The molecule has 29 heavy (non-hydrogen) atoms. The van der Waals surface area contributed by atoms with Crippen LogP contribution in [-0.2, 0) is 0 Å². The Morgan fingerprint density at radius 3 is 2.45 bits per heavy atom. The fourth-order valence-corrected chi connectivity index (χ4v) is 4.47. The van der Waals surface area contributed by atoms with Crippen LogP contribution in [0.25, 0.3) is 32.2 Å². The number of benzene rings is 3. The molecule has 0 unspecified atom stereocenters. The van der Waals surface area contributed by atoms with E-state index in [0.29, 0.717) is 9.90 Å². The number of amides is 1. The summed E-state index contributed by atoms with van der Waals surface area (Å²) in [5, 5.41) is 5.99. The van der Waals surface area contributed by atoms with Gasteiger partial charge >= 0.3 is 0 Å². The molecule has 0 spiro atoms. The van der Waals surface area contributed by atoms with Gasteiger partial charge in [0.15, 0.2) is 0 Å². The number of nitrogens with zero attached hydrogens (tertiary/aromatic N) is 1. The highest BCUT2D eigenvalue weighted by atomic mass is 35.5. The Labute approximate surface area is 176 Å². The molecule has 140 valence electrons. The second kappa shape index (κ2) is 7.32. The molecular weight excluding hydrogens is 400 g/mol. The van der Waals surface area contributed by atoms with E-state index >= 15 is 0 Å². The van der Waals surface area contributed by atoms with Crippen LogP contribution in [0.4, 0.5) is 5.69 Å². The van der Waals surface area contributed by atoms with Crippen molar-refractivity contribution in [3.05, 3.63) is 94.8 Å². The van der Waals surface area contributed by atoms with Gasteiger partial charge in [-0.05, 0) is 35.7 Å². The van der Waals surface area contributed by atoms with E-state index in [4.69, 9.17) is 16.6 Å². The first kappa shape index (κ1) is 17.9. The average Bonchev–Trinajstić information content (AvgIpc) is 3.19. The predicted molar refractivity (Wildman–Crippen MR) is 122 cm³/mol. The summed E-state index contributed by atoms with van der Waals surface area (Å²) >= 11 is 7.55. The number of pyridine rings is 1. The minimum atomic E-state index is -0.163. The number of halogens is 1. The van der Waals surface area contributed by atoms with Gasteiger partial charge in [-0.1, -0.05) is 66.2 Å². The molecule has 0 saturated heterocycles. The Bertz CT molecular complexity index is 1370. The molecule has 5 rings (SSSR count). The average molecular weight is 415 g/mol. The summed E-state index contributed by atoms with van der Waals surface area (Å²) in [7, 11) is 0. The molecule has 0 fully saturated rings. The molecule has 5 aromatic rings. The number of anilines is 1. The van der Waals surface area contributed by atoms with Crippen molar-refractivity contribution in [2.75, 3.05) is 5.32 Å². The number of rotatable bonds is 3. The van der Waals surface area contributed by atoms with Gasteiger partial charge in [0.05, 0.1) is 26.0 Å². The molecule has 2 aromatic heterocycles. The third-order valence-corrected chi connectivity index (χ3v) is 6.08. The van der Waals surface area contributed by atoms with Crippen LogP contribution in [0.5, 0.6) is 0 Å². The Kier molecular flexibility index (Phi) is 4.51. The fraction of sp³-hybridized carbons (Fsp3) is 0. The highest BCUT2D eigenvalue weighted by molar-refractivity contribution is 7.19. The van der Waals surface area contributed by atoms with E-state index in [0.717, 1.165) is 37.9 Å². The number of hydrogen-bond acceptors (Lipinski definition) is 3. The molecule has 5 heteroatoms. The molecule has 0 atom stereocenters. The zero-order valence-corrected chi connectivity index (χ0v) is 16.8. The summed E-state index contributed by atoms with van der Waals surface area (Å²) in [4.78, 5) is 19.0. The second-order valence-electron chi connectivity index (χ2n) is 6.66. The monoisotopic (exact) mass is 414 g/mol. The van der Waals surface area contributed by atoms with Crippen molar-refractivity contribution in [1.29, 1.82) is 0 Å². The molecule has 0 saturated carbocycles. The molecule has 2 heterocycles. The number of aromatic nitrogens is 1. The molecule has 3 nitrogen and oxygen atoms in total. The maximum absolute atomic E-state index is 13.3. The number of nitrogens with one attached hydrogen (secondary N) is 1. The SMILES string of the molecule is O=C(Nc1cccc2ccccc12)c1cc(-c2ccc(Cl)s2)nc2ccccc12. The van der Waals surface area contributed by atoms with Crippen LogP contribution < -0.4 is 5.32 Å². The summed E-state index contributed by atoms with van der Waals surface area (Å²) in [5.41, 5.74) is 2.89. The van der Waals surface area contributed by atoms with Crippen molar-refractivity contribution >= 4 is 56.2 Å². The van der Waals surface area contributed by atoms with Gasteiger partial charge in [0.1, 0.15) is 0 Å². The van der Waals surface area contributed by atoms with Crippen molar-refractivity contribution in [2.45, 2.75) is 0 Å². The summed E-state index contributed by atoms with van der Waals surface area (Å²) in [6.07, 6.45) is 0. The molecule has 1 N–H and O–H groups in total. The standard InChI is InChI=1S/C24H15ClN2OS/c25-23-13-12-22(29-23)21-14-18(17-9-3-4-10-20(17)26-21)24(28)27-19-11-5-7-15-6-1-2-8-16(15)19/h1-14H,(H,27,28). The number of fused-ring (bicyclic) bond motifs is 2. The summed E-state index contributed by atoms with van der Waals surface area (Å²) in [5.74, 6) is -0.163. The Morgan fingerprint density at radius 1 is 0.862 bits per heavy atom. The molecular formula is C24H15ClN2OS. The van der Waals surface area contributed by atoms with Gasteiger partial charge in [-0.2, -0.15) is 0 Å². The van der Waals surface area contributed by atoms with Crippen LogP contribution in [0.2, 0.25) is 4.34 Å². The minimum absolute atomic E-state index is 0.163. The first-order valence-corrected chi connectivity index (χ1v) is 10.3. The Hall–Kier alpha value is -3.21. The number of carbonyl (C=O) groups excluding carboxylic acids is 1. The van der Waals surface area contributed by atoms with Crippen LogP contribution in [0.3, 0.4) is 0 Å². The predicted octanol–water partition coefficient (Wildman–Crippen LogP) is 7.02. The van der Waals surface area contributed by atoms with Gasteiger partial charge in [0, 0.05) is 16.5 Å². The lowest BCUT2D eigenvalue weighted by atomic mass is 10.1. The maximum Gasteiger partial charge on any atom is 0.256 e. The molecule has 0 bridgehead atoms. The smallest absolute Gasteiger partial charge is 0.256 e. The highest BCUT2D eigenvalue weighted by Gasteiger charge is 2.16. The van der Waals surface area contributed by atoms with Crippen molar-refractivity contribution in [3.8, 4) is 10.6 Å². The third kappa shape index (κ3) is 3.37. The number of carbonyl (C=O) groups is 1. The lowest BCUT2D eigenvalue weighted by molar-refractivity contribution is 0.102. The van der Waals surface area contributed by atoms with Crippen molar-refractivity contribution < 1.29 is 4.79 Å². The van der Waals surface area contributed by atoms with E-state index in [1.807, 2.05) is 84.9 Å². The van der Waals surface area contributed by atoms with Crippen molar-refractivity contribution in [1.82, 2.24) is 4.98 Å². The van der Waals surface area contributed by atoms with Crippen LogP contribution in [0.1, 0.15) is 10.4 Å². The summed E-state index contributed by atoms with van der Waals surface area (Å²) in [6, 6.07) is 27.2. The van der Waals surface area contributed by atoms with E-state index in [-0.39, 0.29) is 5.91 Å². The highest BCUT2D eigenvalue weighted by Crippen LogP contribution is 2.33. The van der Waals surface area contributed by atoms with Gasteiger partial charge < -0.3 is 5.32 Å². The van der Waals surface area contributed by atoms with Crippen molar-refractivity contribution in [3.63, 3.8) is 0 Å². The van der Waals surface area contributed by atoms with Gasteiger partial charge in [0.2, 0.25) is 0 Å². The minimum Gasteiger partial charge on any atom is -0.321 e. The molecule has 0 radical (unpaired) electrons. The Balaban J connectivity index is 1.62. The largest absolute Gasteiger partial charge is 0.321 e. The van der Waals surface area contributed by atoms with E-state index in [9.17, 15) is 4.79 Å². The van der Waals surface area contributed by atoms with E-state index in [1.165, 1.54) is 11.3 Å². The Morgan fingerprint density at radius 2 is 1.62 bits per heavy atom. The number of para-hydroxylation sites is 1. The summed E-state index contributed by atoms with van der Waals surface area (Å²) < 4.78 is 0.691. The third-order valence-electron chi connectivity index (χ3n) is 4.82. The van der Waals surface area contributed by atoms with Gasteiger partial charge in [-0.25, -0.2) is 4.98 Å². The van der Waals surface area contributed by atoms with Crippen LogP contribution >= 0.6 is 22.9 Å². The molecule has 3 aromatic carbocycles. The van der Waals surface area contributed by atoms with Crippen LogP contribution in [0.15, 0.2) is 84.9 Å². The summed E-state index contributed by atoms with van der Waals surface area (Å²) in [6.45, 7) is 0. The van der Waals surface area contributed by atoms with E-state index in [1.54, 1.807) is 0 Å². The van der Waals surface area contributed by atoms with Gasteiger partial charge in [-0.3, -0.25) is 4.79 Å². The second-order valence-corrected chi connectivity index (χ2v) is 8.37. The van der Waals surface area contributed by atoms with Gasteiger partial charge in [-0.15, -0.1) is 11.3 Å². The van der Waals surface area contributed by atoms with E-state index in [2.05, 4.69) is 5.32 Å². The molecule has 1 amide bonds. The maximum atomic E-state index is 13.3. The van der Waals surface area contributed by atoms with Crippen molar-refractivity contribution in [2.24, 2.45) is 0 Å². The first-order valence-electron chi connectivity index (χ1n) is 9.14. The topological polar surface area (TPSA) is 42.0 Å². The zero-order chi connectivity index (χ0) is 19.8. The lowest BCUT2D eigenvalue weighted by Crippen LogP contribution is -2.13. The normalized spacial score (nSPS) is 11.1.